The van der Waals surface area contributed by atoms with Gasteiger partial charge in [0.05, 0.1) is 0 Å². The summed E-state index contributed by atoms with van der Waals surface area (Å²) >= 11 is 2.13. The van der Waals surface area contributed by atoms with Crippen LogP contribution in [0.15, 0.2) is 0 Å². The smallest absolute Gasteiger partial charge is 0.000755 e. The van der Waals surface area contributed by atoms with Crippen molar-refractivity contribution in [1.82, 2.24) is 0 Å². The van der Waals surface area contributed by atoms with Crippen LogP contribution in [-0.4, -0.2) is 18.1 Å². The highest BCUT2D eigenvalue weighted by Gasteiger charge is 2.52. The molecule has 2 atom stereocenters. The molecule has 58 valence electrons. The Morgan fingerprint density at radius 2 is 2.50 bits per heavy atom. The van der Waals surface area contributed by atoms with Crippen molar-refractivity contribution < 1.29 is 0 Å². The third kappa shape index (κ3) is 0.978. The van der Waals surface area contributed by atoms with E-state index >= 15 is 0 Å². The third-order valence-corrected chi connectivity index (χ3v) is 4.35. The van der Waals surface area contributed by atoms with Crippen LogP contribution in [0.5, 0.6) is 0 Å². The first kappa shape index (κ1) is 6.99. The van der Waals surface area contributed by atoms with E-state index in [1.165, 1.54) is 30.8 Å². The summed E-state index contributed by atoms with van der Waals surface area (Å²) in [6.07, 6.45) is 4.32. The lowest BCUT2D eigenvalue weighted by atomic mass is 9.99. The molecule has 1 nitrogen and oxygen atoms in total. The zero-order valence-corrected chi connectivity index (χ0v) is 7.12. The number of hydrogen-bond acceptors (Lipinski definition) is 2. The van der Waals surface area contributed by atoms with Crippen molar-refractivity contribution in [2.24, 2.45) is 17.1 Å². The molecule has 1 spiro atoms. The second kappa shape index (κ2) is 2.42. The molecule has 2 N–H and O–H groups in total. The molecule has 1 aliphatic carbocycles. The molecule has 0 radical (unpaired) electrons. The lowest BCUT2D eigenvalue weighted by Crippen LogP contribution is -2.17. The molecule has 0 bridgehead atoms. The Balaban J connectivity index is 1.92. The fourth-order valence-electron chi connectivity index (χ4n) is 2.12. The van der Waals surface area contributed by atoms with Gasteiger partial charge in [0.15, 0.2) is 0 Å². The van der Waals surface area contributed by atoms with Crippen molar-refractivity contribution >= 4 is 11.8 Å². The Hall–Kier alpha value is 0.310. The molecule has 2 unspecified atom stereocenters. The summed E-state index contributed by atoms with van der Waals surface area (Å²) in [7, 11) is 0. The Morgan fingerprint density at radius 1 is 1.60 bits per heavy atom. The van der Waals surface area contributed by atoms with Crippen LogP contribution >= 0.6 is 11.8 Å². The first-order valence-electron chi connectivity index (χ1n) is 4.15. The quantitative estimate of drug-likeness (QED) is 0.624. The second-order valence-electron chi connectivity index (χ2n) is 3.66. The van der Waals surface area contributed by atoms with Crippen molar-refractivity contribution in [3.05, 3.63) is 0 Å². The van der Waals surface area contributed by atoms with Crippen LogP contribution in [0.4, 0.5) is 0 Å². The van der Waals surface area contributed by atoms with E-state index in [2.05, 4.69) is 11.8 Å². The van der Waals surface area contributed by atoms with Crippen LogP contribution in [0.25, 0.3) is 0 Å². The molecule has 1 saturated heterocycles. The van der Waals surface area contributed by atoms with Gasteiger partial charge in [-0.25, -0.2) is 0 Å². The van der Waals surface area contributed by atoms with Crippen LogP contribution in [-0.2, 0) is 0 Å². The summed E-state index contributed by atoms with van der Waals surface area (Å²) in [5.41, 5.74) is 6.36. The molecule has 1 aliphatic heterocycles. The van der Waals surface area contributed by atoms with Crippen LogP contribution in [0.2, 0.25) is 0 Å². The third-order valence-electron chi connectivity index (χ3n) is 3.00. The van der Waals surface area contributed by atoms with Gasteiger partial charge in [0, 0.05) is 0 Å². The van der Waals surface area contributed by atoms with E-state index in [4.69, 9.17) is 5.73 Å². The van der Waals surface area contributed by atoms with Gasteiger partial charge in [-0.05, 0) is 48.6 Å². The van der Waals surface area contributed by atoms with Crippen LogP contribution in [0, 0.1) is 11.3 Å². The number of thioether (sulfide) groups is 1. The molecule has 10 heavy (non-hydrogen) atoms. The van der Waals surface area contributed by atoms with Crippen molar-refractivity contribution in [1.29, 1.82) is 0 Å². The minimum atomic E-state index is 0.734. The average molecular weight is 157 g/mol. The van der Waals surface area contributed by atoms with Gasteiger partial charge in [-0.1, -0.05) is 0 Å². The first-order chi connectivity index (χ1) is 4.87. The molecule has 2 heteroatoms. The number of hydrogen-bond donors (Lipinski definition) is 1. The molecule has 0 aromatic rings. The van der Waals surface area contributed by atoms with Gasteiger partial charge >= 0.3 is 0 Å². The summed E-state index contributed by atoms with van der Waals surface area (Å²) in [6.45, 7) is 0.931. The lowest BCUT2D eigenvalue weighted by Gasteiger charge is -2.21. The SMILES string of the molecule is NCC1CC12CCCSC2. The van der Waals surface area contributed by atoms with E-state index in [0.717, 1.165) is 17.9 Å². The van der Waals surface area contributed by atoms with Crippen LogP contribution in [0.1, 0.15) is 19.3 Å². The van der Waals surface area contributed by atoms with Crippen molar-refractivity contribution in [2.75, 3.05) is 18.1 Å². The molecule has 2 aliphatic rings. The maximum atomic E-state index is 5.63. The maximum Gasteiger partial charge on any atom is -0.000755 e. The lowest BCUT2D eigenvalue weighted by molar-refractivity contribution is 0.458. The van der Waals surface area contributed by atoms with Gasteiger partial charge in [0.1, 0.15) is 0 Å². The fraction of sp³-hybridized carbons (Fsp3) is 1.00. The molecule has 0 amide bonds. The zero-order chi connectivity index (χ0) is 7.03. The van der Waals surface area contributed by atoms with Gasteiger partial charge in [-0.15, -0.1) is 0 Å². The van der Waals surface area contributed by atoms with Gasteiger partial charge < -0.3 is 5.73 Å². The van der Waals surface area contributed by atoms with E-state index in [1.807, 2.05) is 0 Å². The number of rotatable bonds is 1. The standard InChI is InChI=1S/C8H15NS/c9-5-7-4-8(7)2-1-3-10-6-8/h7H,1-6,9H2. The fourth-order valence-corrected chi connectivity index (χ4v) is 3.52. The van der Waals surface area contributed by atoms with E-state index in [1.54, 1.807) is 0 Å². The average Bonchev–Trinajstić information content (AvgIpc) is 2.65. The molecule has 1 heterocycles. The Bertz CT molecular complexity index is 129. The summed E-state index contributed by atoms with van der Waals surface area (Å²) in [4.78, 5) is 0. The van der Waals surface area contributed by atoms with Gasteiger partial charge in [-0.2, -0.15) is 11.8 Å². The summed E-state index contributed by atoms with van der Waals surface area (Å²) < 4.78 is 0. The molecular weight excluding hydrogens is 142 g/mol. The maximum absolute atomic E-state index is 5.63. The number of nitrogens with two attached hydrogens (primary N) is 1. The van der Waals surface area contributed by atoms with Gasteiger partial charge in [-0.3, -0.25) is 0 Å². The molecule has 1 saturated carbocycles. The second-order valence-corrected chi connectivity index (χ2v) is 4.76. The predicted octanol–water partition coefficient (Wildman–Crippen LogP) is 1.48. The van der Waals surface area contributed by atoms with Crippen molar-refractivity contribution in [2.45, 2.75) is 19.3 Å². The monoisotopic (exact) mass is 157 g/mol. The zero-order valence-electron chi connectivity index (χ0n) is 6.31. The summed E-state index contributed by atoms with van der Waals surface area (Å²) in [5, 5.41) is 0. The highest BCUT2D eigenvalue weighted by molar-refractivity contribution is 7.99. The van der Waals surface area contributed by atoms with Crippen molar-refractivity contribution in [3.8, 4) is 0 Å². The van der Waals surface area contributed by atoms with E-state index in [-0.39, 0.29) is 0 Å². The van der Waals surface area contributed by atoms with E-state index < -0.39 is 0 Å². The minimum absolute atomic E-state index is 0.734. The molecule has 0 aromatic heterocycles. The normalized spacial score (nSPS) is 45.9. The Kier molecular flexibility index (Phi) is 1.69. The Morgan fingerprint density at radius 3 is 3.00 bits per heavy atom. The van der Waals surface area contributed by atoms with Gasteiger partial charge in [0.25, 0.3) is 0 Å². The largest absolute Gasteiger partial charge is 0.330 e. The van der Waals surface area contributed by atoms with Gasteiger partial charge in [0.2, 0.25) is 0 Å². The summed E-state index contributed by atoms with van der Waals surface area (Å²) in [5.74, 6) is 3.67. The molecule has 2 rings (SSSR count). The van der Waals surface area contributed by atoms with E-state index in [0.29, 0.717) is 0 Å². The van der Waals surface area contributed by atoms with Crippen LogP contribution < -0.4 is 5.73 Å². The van der Waals surface area contributed by atoms with Crippen LogP contribution in [0.3, 0.4) is 0 Å². The first-order valence-corrected chi connectivity index (χ1v) is 5.31. The topological polar surface area (TPSA) is 26.0 Å². The van der Waals surface area contributed by atoms with E-state index in [9.17, 15) is 0 Å². The van der Waals surface area contributed by atoms with Crippen molar-refractivity contribution in [3.63, 3.8) is 0 Å². The minimum Gasteiger partial charge on any atom is -0.330 e. The molecule has 0 aromatic carbocycles. The highest BCUT2D eigenvalue weighted by atomic mass is 32.2. The summed E-state index contributed by atoms with van der Waals surface area (Å²) in [6, 6.07) is 0. The predicted molar refractivity (Wildman–Crippen MR) is 46.2 cm³/mol. The Labute approximate surface area is 66.7 Å². The molecular formula is C8H15NS. The molecule has 2 fully saturated rings. The highest BCUT2D eigenvalue weighted by Crippen LogP contribution is 2.58.